The van der Waals surface area contributed by atoms with E-state index in [9.17, 15) is 4.79 Å². The Balaban J connectivity index is 1.46. The lowest BCUT2D eigenvalue weighted by molar-refractivity contribution is 0.0859. The molecule has 0 spiro atoms. The van der Waals surface area contributed by atoms with Gasteiger partial charge in [-0.25, -0.2) is 0 Å². The van der Waals surface area contributed by atoms with Gasteiger partial charge in [0.25, 0.3) is 5.91 Å². The molecule has 1 amide bonds. The van der Waals surface area contributed by atoms with Gasteiger partial charge in [0, 0.05) is 26.1 Å². The molecule has 0 fully saturated rings. The molecule has 6 heteroatoms. The Morgan fingerprint density at radius 1 is 1.41 bits per heavy atom. The predicted octanol–water partition coefficient (Wildman–Crippen LogP) is 1.54. The van der Waals surface area contributed by atoms with Crippen molar-refractivity contribution >= 4 is 11.6 Å². The lowest BCUT2D eigenvalue weighted by Gasteiger charge is -2.07. The first kappa shape index (κ1) is 14.3. The minimum atomic E-state index is -0.151. The van der Waals surface area contributed by atoms with Crippen LogP contribution in [0.25, 0.3) is 0 Å². The number of oxime groups is 1. The fourth-order valence-electron chi connectivity index (χ4n) is 2.40. The van der Waals surface area contributed by atoms with E-state index in [0.29, 0.717) is 12.1 Å². The standard InChI is InChI=1S/C16H18N4O2/c1-20-11-13(9-18-20)16(21)17-10-14-8-15(22-19-14)7-12-5-3-2-4-6-12/h2-6,9,11,15H,7-8,10H2,1H3,(H,17,21). The minimum Gasteiger partial charge on any atom is -0.392 e. The Hall–Kier alpha value is -2.63. The summed E-state index contributed by atoms with van der Waals surface area (Å²) in [5, 5.41) is 10.9. The quantitative estimate of drug-likeness (QED) is 0.910. The van der Waals surface area contributed by atoms with Gasteiger partial charge in [0.15, 0.2) is 0 Å². The van der Waals surface area contributed by atoms with Crippen LogP contribution in [-0.4, -0.2) is 34.0 Å². The Labute approximate surface area is 128 Å². The molecule has 0 aliphatic carbocycles. The molecule has 1 unspecified atom stereocenters. The molecule has 1 aliphatic rings. The predicted molar refractivity (Wildman–Crippen MR) is 82.6 cm³/mol. The molecule has 0 bridgehead atoms. The van der Waals surface area contributed by atoms with Crippen LogP contribution < -0.4 is 5.32 Å². The Morgan fingerprint density at radius 2 is 2.23 bits per heavy atom. The fourth-order valence-corrected chi connectivity index (χ4v) is 2.40. The number of amides is 1. The van der Waals surface area contributed by atoms with Gasteiger partial charge in [0.1, 0.15) is 6.10 Å². The SMILES string of the molecule is Cn1cc(C(=O)NCC2=NOC(Cc3ccccc3)C2)cn1. The summed E-state index contributed by atoms with van der Waals surface area (Å²) in [5.41, 5.74) is 2.63. The first-order chi connectivity index (χ1) is 10.7. The Kier molecular flexibility index (Phi) is 4.18. The number of nitrogens with zero attached hydrogens (tertiary/aromatic N) is 3. The molecule has 1 aromatic heterocycles. The van der Waals surface area contributed by atoms with Crippen LogP contribution in [0.4, 0.5) is 0 Å². The van der Waals surface area contributed by atoms with Gasteiger partial charge in [0.2, 0.25) is 0 Å². The molecule has 2 heterocycles. The third kappa shape index (κ3) is 3.52. The van der Waals surface area contributed by atoms with Crippen LogP contribution in [0.5, 0.6) is 0 Å². The molecule has 0 radical (unpaired) electrons. The smallest absolute Gasteiger partial charge is 0.254 e. The molecule has 3 rings (SSSR count). The van der Waals surface area contributed by atoms with E-state index in [4.69, 9.17) is 4.84 Å². The number of carbonyl (C=O) groups excluding carboxylic acids is 1. The normalized spacial score (nSPS) is 17.0. The van der Waals surface area contributed by atoms with Gasteiger partial charge in [-0.05, 0) is 5.56 Å². The van der Waals surface area contributed by atoms with Crippen molar-refractivity contribution in [1.29, 1.82) is 0 Å². The number of hydrogen-bond donors (Lipinski definition) is 1. The summed E-state index contributed by atoms with van der Waals surface area (Å²) >= 11 is 0. The second-order valence-electron chi connectivity index (χ2n) is 5.36. The van der Waals surface area contributed by atoms with Crippen LogP contribution in [0.15, 0.2) is 47.9 Å². The van der Waals surface area contributed by atoms with Crippen molar-refractivity contribution in [2.45, 2.75) is 18.9 Å². The van der Waals surface area contributed by atoms with Gasteiger partial charge in [-0.1, -0.05) is 35.5 Å². The van der Waals surface area contributed by atoms with Crippen molar-refractivity contribution in [2.24, 2.45) is 12.2 Å². The summed E-state index contributed by atoms with van der Waals surface area (Å²) in [5.74, 6) is -0.151. The first-order valence-electron chi connectivity index (χ1n) is 7.23. The van der Waals surface area contributed by atoms with E-state index in [1.165, 1.54) is 5.56 Å². The van der Waals surface area contributed by atoms with Crippen LogP contribution in [0.1, 0.15) is 22.3 Å². The summed E-state index contributed by atoms with van der Waals surface area (Å²) in [4.78, 5) is 17.4. The lowest BCUT2D eigenvalue weighted by Crippen LogP contribution is -2.29. The number of aromatic nitrogens is 2. The van der Waals surface area contributed by atoms with Gasteiger partial charge in [-0.3, -0.25) is 9.48 Å². The number of hydrogen-bond acceptors (Lipinski definition) is 4. The molecule has 6 nitrogen and oxygen atoms in total. The fraction of sp³-hybridized carbons (Fsp3) is 0.312. The average Bonchev–Trinajstić information content (AvgIpc) is 3.15. The summed E-state index contributed by atoms with van der Waals surface area (Å²) in [6, 6.07) is 10.2. The van der Waals surface area contributed by atoms with E-state index in [0.717, 1.165) is 18.6 Å². The maximum Gasteiger partial charge on any atom is 0.254 e. The molecule has 0 saturated carbocycles. The maximum atomic E-state index is 11.9. The van der Waals surface area contributed by atoms with Crippen molar-refractivity contribution in [3.63, 3.8) is 0 Å². The molecule has 2 aromatic rings. The first-order valence-corrected chi connectivity index (χ1v) is 7.23. The summed E-state index contributed by atoms with van der Waals surface area (Å²) < 4.78 is 1.60. The monoisotopic (exact) mass is 298 g/mol. The van der Waals surface area contributed by atoms with Crippen LogP contribution in [0.2, 0.25) is 0 Å². The summed E-state index contributed by atoms with van der Waals surface area (Å²) in [7, 11) is 1.78. The molecular formula is C16H18N4O2. The lowest BCUT2D eigenvalue weighted by atomic mass is 10.0. The van der Waals surface area contributed by atoms with Gasteiger partial charge in [0.05, 0.1) is 24.0 Å². The van der Waals surface area contributed by atoms with Gasteiger partial charge < -0.3 is 10.2 Å². The molecular weight excluding hydrogens is 280 g/mol. The van der Waals surface area contributed by atoms with E-state index >= 15 is 0 Å². The zero-order chi connectivity index (χ0) is 15.4. The number of benzene rings is 1. The Bertz CT molecular complexity index is 678. The number of carbonyl (C=O) groups is 1. The largest absolute Gasteiger partial charge is 0.392 e. The zero-order valence-corrected chi connectivity index (χ0v) is 12.4. The highest BCUT2D eigenvalue weighted by Crippen LogP contribution is 2.15. The molecule has 0 saturated heterocycles. The van der Waals surface area contributed by atoms with Crippen LogP contribution in [0.3, 0.4) is 0 Å². The Morgan fingerprint density at radius 3 is 2.95 bits per heavy atom. The van der Waals surface area contributed by atoms with Crippen LogP contribution in [0, 0.1) is 0 Å². The number of nitrogens with one attached hydrogen (secondary N) is 1. The van der Waals surface area contributed by atoms with E-state index in [1.54, 1.807) is 24.1 Å². The average molecular weight is 298 g/mol. The molecule has 1 N–H and O–H groups in total. The van der Waals surface area contributed by atoms with Crippen LogP contribution in [-0.2, 0) is 18.3 Å². The third-order valence-electron chi connectivity index (χ3n) is 3.52. The minimum absolute atomic E-state index is 0.0488. The van der Waals surface area contributed by atoms with Gasteiger partial charge >= 0.3 is 0 Å². The van der Waals surface area contributed by atoms with E-state index < -0.39 is 0 Å². The molecule has 22 heavy (non-hydrogen) atoms. The highest BCUT2D eigenvalue weighted by atomic mass is 16.6. The second kappa shape index (κ2) is 6.43. The van der Waals surface area contributed by atoms with Crippen LogP contribution >= 0.6 is 0 Å². The molecule has 1 atom stereocenters. The molecule has 1 aromatic carbocycles. The zero-order valence-electron chi connectivity index (χ0n) is 12.4. The van der Waals surface area contributed by atoms with Gasteiger partial charge in [-0.15, -0.1) is 0 Å². The topological polar surface area (TPSA) is 68.5 Å². The summed E-state index contributed by atoms with van der Waals surface area (Å²) in [6.07, 6.45) is 4.83. The number of aryl methyl sites for hydroxylation is 1. The van der Waals surface area contributed by atoms with E-state index in [-0.39, 0.29) is 12.0 Å². The second-order valence-corrected chi connectivity index (χ2v) is 5.36. The van der Waals surface area contributed by atoms with Crippen molar-refractivity contribution in [3.8, 4) is 0 Å². The van der Waals surface area contributed by atoms with Gasteiger partial charge in [-0.2, -0.15) is 5.10 Å². The van der Waals surface area contributed by atoms with Crippen molar-refractivity contribution < 1.29 is 9.63 Å². The van der Waals surface area contributed by atoms with Crippen molar-refractivity contribution in [3.05, 3.63) is 53.9 Å². The van der Waals surface area contributed by atoms with Crippen molar-refractivity contribution in [1.82, 2.24) is 15.1 Å². The molecule has 114 valence electrons. The van der Waals surface area contributed by atoms with E-state index in [2.05, 4.69) is 27.7 Å². The highest BCUT2D eigenvalue weighted by molar-refractivity contribution is 5.97. The third-order valence-corrected chi connectivity index (χ3v) is 3.52. The summed E-state index contributed by atoms with van der Waals surface area (Å²) in [6.45, 7) is 0.402. The number of rotatable bonds is 5. The van der Waals surface area contributed by atoms with E-state index in [1.807, 2.05) is 18.2 Å². The maximum absolute atomic E-state index is 11.9. The molecule has 1 aliphatic heterocycles. The highest BCUT2D eigenvalue weighted by Gasteiger charge is 2.21. The van der Waals surface area contributed by atoms with Crippen molar-refractivity contribution in [2.75, 3.05) is 6.54 Å².